The molecule has 8 nitrogen and oxygen atoms in total. The van der Waals surface area contributed by atoms with Crippen LogP contribution < -0.4 is 4.74 Å². The van der Waals surface area contributed by atoms with Crippen molar-refractivity contribution in [2.45, 2.75) is 17.4 Å². The maximum atomic E-state index is 13.1. The molecule has 0 spiro atoms. The van der Waals surface area contributed by atoms with Gasteiger partial charge in [0.2, 0.25) is 10.0 Å². The Morgan fingerprint density at radius 3 is 2.69 bits per heavy atom. The predicted octanol–water partition coefficient (Wildman–Crippen LogP) is 1.40. The number of amides is 1. The second-order valence-electron chi connectivity index (χ2n) is 7.20. The minimum absolute atomic E-state index is 0.0884. The Balaban J connectivity index is 1.27. The number of hydrogen-bond acceptors (Lipinski definition) is 5. The average molecular weight is 412 g/mol. The Morgan fingerprint density at radius 1 is 1.10 bits per heavy atom. The molecule has 0 aliphatic carbocycles. The Kier molecular flexibility index (Phi) is 4.29. The second-order valence-corrected chi connectivity index (χ2v) is 9.11. The number of nitrogens with zero attached hydrogens (tertiary/aromatic N) is 3. The summed E-state index contributed by atoms with van der Waals surface area (Å²) >= 11 is 0. The zero-order valence-electron chi connectivity index (χ0n) is 15.6. The van der Waals surface area contributed by atoms with Crippen LogP contribution >= 0.6 is 0 Å². The number of carbonyl (C=O) groups is 1. The number of nitrogens with one attached hydrogen (secondary N) is 1. The van der Waals surface area contributed by atoms with Crippen molar-refractivity contribution in [3.63, 3.8) is 0 Å². The minimum atomic E-state index is -3.66. The SMILES string of the molecule is O=C(C1Cc2ccccc2O1)N1CCN(S(=O)(=O)c2c[nH]c3ncccc23)CC1. The fraction of sp³-hybridized carbons (Fsp3) is 0.300. The summed E-state index contributed by atoms with van der Waals surface area (Å²) < 4.78 is 33.4. The quantitative estimate of drug-likeness (QED) is 0.702. The molecular formula is C20H20N4O4S. The molecule has 150 valence electrons. The van der Waals surface area contributed by atoms with Crippen molar-refractivity contribution in [3.05, 3.63) is 54.4 Å². The summed E-state index contributed by atoms with van der Waals surface area (Å²) in [5.41, 5.74) is 1.57. The molecule has 9 heteroatoms. The minimum Gasteiger partial charge on any atom is -0.480 e. The summed E-state index contributed by atoms with van der Waals surface area (Å²) in [4.78, 5) is 21.8. The van der Waals surface area contributed by atoms with Crippen LogP contribution in [0, 0.1) is 0 Å². The number of hydrogen-bond donors (Lipinski definition) is 1. The number of H-pyrrole nitrogens is 1. The molecule has 0 saturated carbocycles. The van der Waals surface area contributed by atoms with E-state index in [4.69, 9.17) is 4.74 Å². The molecule has 3 aromatic rings. The van der Waals surface area contributed by atoms with Crippen molar-refractivity contribution in [1.29, 1.82) is 0 Å². The van der Waals surface area contributed by atoms with Crippen LogP contribution in [-0.4, -0.2) is 65.8 Å². The third-order valence-electron chi connectivity index (χ3n) is 5.50. The monoisotopic (exact) mass is 412 g/mol. The molecule has 1 amide bonds. The lowest BCUT2D eigenvalue weighted by Gasteiger charge is -2.34. The first-order valence-electron chi connectivity index (χ1n) is 9.49. The molecule has 2 aliphatic rings. The summed E-state index contributed by atoms with van der Waals surface area (Å²) in [6.45, 7) is 1.19. The first-order chi connectivity index (χ1) is 14.0. The number of piperazine rings is 1. The van der Waals surface area contributed by atoms with Gasteiger partial charge in [0.05, 0.1) is 0 Å². The van der Waals surface area contributed by atoms with Crippen molar-refractivity contribution < 1.29 is 17.9 Å². The molecule has 1 unspecified atom stereocenters. The van der Waals surface area contributed by atoms with Crippen molar-refractivity contribution in [3.8, 4) is 5.75 Å². The number of rotatable bonds is 3. The summed E-state index contributed by atoms with van der Waals surface area (Å²) in [5, 5.41) is 0.572. The fourth-order valence-corrected chi connectivity index (χ4v) is 5.53. The van der Waals surface area contributed by atoms with Crippen LogP contribution in [0.2, 0.25) is 0 Å². The number of sulfonamides is 1. The van der Waals surface area contributed by atoms with E-state index in [1.165, 1.54) is 10.5 Å². The number of ether oxygens (including phenoxy) is 1. The van der Waals surface area contributed by atoms with Crippen LogP contribution in [0.3, 0.4) is 0 Å². The molecule has 29 heavy (non-hydrogen) atoms. The highest BCUT2D eigenvalue weighted by molar-refractivity contribution is 7.89. The normalized spacial score (nSPS) is 19.9. The van der Waals surface area contributed by atoms with Gasteiger partial charge in [0.1, 0.15) is 16.3 Å². The van der Waals surface area contributed by atoms with Crippen LogP contribution in [0.25, 0.3) is 11.0 Å². The van der Waals surface area contributed by atoms with Crippen LogP contribution in [0.15, 0.2) is 53.7 Å². The van der Waals surface area contributed by atoms with E-state index in [1.54, 1.807) is 23.2 Å². The summed E-state index contributed by atoms with van der Waals surface area (Å²) in [6.07, 6.45) is 3.11. The lowest BCUT2D eigenvalue weighted by molar-refractivity contribution is -0.139. The van der Waals surface area contributed by atoms with E-state index in [-0.39, 0.29) is 23.9 Å². The van der Waals surface area contributed by atoms with Crippen molar-refractivity contribution in [2.24, 2.45) is 0 Å². The summed E-state index contributed by atoms with van der Waals surface area (Å²) in [6, 6.07) is 11.1. The van der Waals surface area contributed by atoms with E-state index >= 15 is 0 Å². The van der Waals surface area contributed by atoms with Gasteiger partial charge < -0.3 is 14.6 Å². The van der Waals surface area contributed by atoms with E-state index in [1.807, 2.05) is 24.3 Å². The average Bonchev–Trinajstić information content (AvgIpc) is 3.38. The van der Waals surface area contributed by atoms with E-state index in [0.29, 0.717) is 30.5 Å². The van der Waals surface area contributed by atoms with Gasteiger partial charge >= 0.3 is 0 Å². The van der Waals surface area contributed by atoms with E-state index < -0.39 is 16.1 Å². The molecule has 1 N–H and O–H groups in total. The molecule has 2 aliphatic heterocycles. The van der Waals surface area contributed by atoms with Crippen LogP contribution in [-0.2, 0) is 21.2 Å². The Labute approximate surface area is 168 Å². The first-order valence-corrected chi connectivity index (χ1v) is 10.9. The third kappa shape index (κ3) is 3.06. The number of fused-ring (bicyclic) bond motifs is 2. The maximum absolute atomic E-state index is 13.1. The van der Waals surface area contributed by atoms with Gasteiger partial charge in [-0.15, -0.1) is 0 Å². The lowest BCUT2D eigenvalue weighted by Crippen LogP contribution is -2.53. The highest BCUT2D eigenvalue weighted by Gasteiger charge is 2.36. The largest absolute Gasteiger partial charge is 0.480 e. The molecule has 2 aromatic heterocycles. The van der Waals surface area contributed by atoms with Gasteiger partial charge in [-0.2, -0.15) is 4.31 Å². The Morgan fingerprint density at radius 2 is 1.90 bits per heavy atom. The number of para-hydroxylation sites is 1. The smallest absolute Gasteiger partial charge is 0.264 e. The first kappa shape index (κ1) is 18.1. The van der Waals surface area contributed by atoms with Crippen LogP contribution in [0.5, 0.6) is 5.75 Å². The number of carbonyl (C=O) groups excluding carboxylic acids is 1. The number of benzene rings is 1. The Hall–Kier alpha value is -2.91. The number of pyridine rings is 1. The topological polar surface area (TPSA) is 95.6 Å². The molecule has 4 heterocycles. The molecule has 1 saturated heterocycles. The van der Waals surface area contributed by atoms with Gasteiger partial charge in [-0.1, -0.05) is 18.2 Å². The maximum Gasteiger partial charge on any atom is 0.264 e. The van der Waals surface area contributed by atoms with Gasteiger partial charge in [0, 0.05) is 50.4 Å². The van der Waals surface area contributed by atoms with E-state index in [2.05, 4.69) is 9.97 Å². The van der Waals surface area contributed by atoms with Crippen LogP contribution in [0.1, 0.15) is 5.56 Å². The summed E-state index contributed by atoms with van der Waals surface area (Å²) in [7, 11) is -3.66. The lowest BCUT2D eigenvalue weighted by atomic mass is 10.1. The van der Waals surface area contributed by atoms with Crippen molar-refractivity contribution >= 4 is 27.0 Å². The standard InChI is InChI=1S/C20H20N4O4S/c25-20(17-12-14-4-1-2-6-16(14)28-17)23-8-10-24(11-9-23)29(26,27)18-13-22-19-15(18)5-3-7-21-19/h1-7,13,17H,8-12H2,(H,21,22). The Bertz CT molecular complexity index is 1160. The molecular weight excluding hydrogens is 392 g/mol. The van der Waals surface area contributed by atoms with Gasteiger partial charge in [-0.3, -0.25) is 4.79 Å². The van der Waals surface area contributed by atoms with Gasteiger partial charge in [-0.25, -0.2) is 13.4 Å². The van der Waals surface area contributed by atoms with Gasteiger partial charge in [0.25, 0.3) is 5.91 Å². The molecule has 0 radical (unpaired) electrons. The van der Waals surface area contributed by atoms with Gasteiger partial charge in [-0.05, 0) is 23.8 Å². The van der Waals surface area contributed by atoms with Crippen molar-refractivity contribution in [2.75, 3.05) is 26.2 Å². The van der Waals surface area contributed by atoms with Crippen molar-refractivity contribution in [1.82, 2.24) is 19.2 Å². The molecule has 1 fully saturated rings. The second kappa shape index (κ2) is 6.85. The molecule has 0 bridgehead atoms. The zero-order chi connectivity index (χ0) is 20.0. The zero-order valence-corrected chi connectivity index (χ0v) is 16.4. The van der Waals surface area contributed by atoms with Gasteiger partial charge in [0.15, 0.2) is 6.10 Å². The predicted molar refractivity (Wildman–Crippen MR) is 106 cm³/mol. The highest BCUT2D eigenvalue weighted by Crippen LogP contribution is 2.30. The third-order valence-corrected chi connectivity index (χ3v) is 7.44. The molecule has 1 aromatic carbocycles. The fourth-order valence-electron chi connectivity index (χ4n) is 3.96. The summed E-state index contributed by atoms with van der Waals surface area (Å²) in [5.74, 6) is 0.662. The number of aromatic nitrogens is 2. The van der Waals surface area contributed by atoms with E-state index in [9.17, 15) is 13.2 Å². The van der Waals surface area contributed by atoms with E-state index in [0.717, 1.165) is 11.3 Å². The molecule has 1 atom stereocenters. The number of aromatic amines is 1. The van der Waals surface area contributed by atoms with Crippen LogP contribution in [0.4, 0.5) is 0 Å². The highest BCUT2D eigenvalue weighted by atomic mass is 32.2. The molecule has 5 rings (SSSR count).